The number of aliphatic hydroxyl groups is 1. The zero-order valence-corrected chi connectivity index (χ0v) is 18.5. The summed E-state index contributed by atoms with van der Waals surface area (Å²) in [5, 5.41) is 11.1. The Balaban J connectivity index is 1.77. The number of aliphatic hydroxyl groups excluding tert-OH is 1. The number of ether oxygens (including phenoxy) is 2. The molecule has 2 heterocycles. The Morgan fingerprint density at radius 2 is 1.67 bits per heavy atom. The van der Waals surface area contributed by atoms with Gasteiger partial charge in [0.15, 0.2) is 0 Å². The molecule has 1 N–H and O–H groups in total. The molecule has 7 nitrogen and oxygen atoms in total. The molecule has 0 spiro atoms. The Labute approximate surface area is 191 Å². The first-order valence-electron chi connectivity index (χ1n) is 10.8. The number of nitrogens with zero attached hydrogens (tertiary/aromatic N) is 1. The number of carbonyl (C=O) groups is 2. The van der Waals surface area contributed by atoms with Crippen LogP contribution in [0.4, 0.5) is 0 Å². The fourth-order valence-corrected chi connectivity index (χ4v) is 3.94. The van der Waals surface area contributed by atoms with Gasteiger partial charge in [0.1, 0.15) is 29.1 Å². The maximum Gasteiger partial charge on any atom is 0.296 e. The topological polar surface area (TPSA) is 89.2 Å². The van der Waals surface area contributed by atoms with E-state index in [2.05, 4.69) is 0 Å². The zero-order chi connectivity index (χ0) is 23.4. The molecule has 1 fully saturated rings. The number of hydrogen-bond acceptors (Lipinski definition) is 6. The maximum absolute atomic E-state index is 13.1. The number of ketones is 1. The van der Waals surface area contributed by atoms with Crippen LogP contribution in [0.3, 0.4) is 0 Å². The van der Waals surface area contributed by atoms with E-state index in [1.165, 1.54) is 11.2 Å². The van der Waals surface area contributed by atoms with Crippen molar-refractivity contribution >= 4 is 17.4 Å². The molecule has 1 aromatic heterocycles. The number of amides is 1. The lowest BCUT2D eigenvalue weighted by Gasteiger charge is -2.23. The third-order valence-electron chi connectivity index (χ3n) is 5.33. The molecule has 1 atom stereocenters. The van der Waals surface area contributed by atoms with Crippen LogP contribution in [0.5, 0.6) is 11.5 Å². The van der Waals surface area contributed by atoms with Crippen molar-refractivity contribution in [3.8, 4) is 11.5 Å². The van der Waals surface area contributed by atoms with Crippen molar-refractivity contribution in [1.82, 2.24) is 4.90 Å². The molecule has 1 aliphatic rings. The van der Waals surface area contributed by atoms with Crippen molar-refractivity contribution in [2.75, 3.05) is 13.2 Å². The van der Waals surface area contributed by atoms with Crippen molar-refractivity contribution in [2.45, 2.75) is 26.4 Å². The highest BCUT2D eigenvalue weighted by molar-refractivity contribution is 6.46. The number of likely N-dealkylation sites (tertiary alicyclic amines) is 1. The predicted octanol–water partition coefficient (Wildman–Crippen LogP) is 4.70. The van der Waals surface area contributed by atoms with E-state index in [9.17, 15) is 14.7 Å². The third-order valence-corrected chi connectivity index (χ3v) is 5.33. The van der Waals surface area contributed by atoms with Gasteiger partial charge in [-0.2, -0.15) is 0 Å². The Kier molecular flexibility index (Phi) is 6.49. The van der Waals surface area contributed by atoms with E-state index in [4.69, 9.17) is 13.9 Å². The van der Waals surface area contributed by atoms with Crippen molar-refractivity contribution in [3.05, 3.63) is 89.4 Å². The van der Waals surface area contributed by atoms with Crippen LogP contribution < -0.4 is 9.47 Å². The normalized spacial score (nSPS) is 17.4. The molecule has 33 heavy (non-hydrogen) atoms. The summed E-state index contributed by atoms with van der Waals surface area (Å²) >= 11 is 0. The molecule has 170 valence electrons. The van der Waals surface area contributed by atoms with E-state index in [0.717, 1.165) is 5.56 Å². The van der Waals surface area contributed by atoms with Crippen LogP contribution in [0.25, 0.3) is 5.76 Å². The molecule has 1 aliphatic heterocycles. The zero-order valence-electron chi connectivity index (χ0n) is 18.5. The quantitative estimate of drug-likeness (QED) is 0.306. The van der Waals surface area contributed by atoms with Gasteiger partial charge in [-0.1, -0.05) is 24.3 Å². The highest BCUT2D eigenvalue weighted by atomic mass is 16.5. The van der Waals surface area contributed by atoms with Crippen LogP contribution in [-0.4, -0.2) is 34.9 Å². The molecule has 3 aromatic rings. The molecule has 7 heteroatoms. The third kappa shape index (κ3) is 4.48. The SMILES string of the molecule is CCOc1cccc(CN2C(=O)C(=O)/C(=C(\O)c3cccc(OCC)c3)C2c2ccco2)c1. The van der Waals surface area contributed by atoms with Crippen LogP contribution in [0.2, 0.25) is 0 Å². The van der Waals surface area contributed by atoms with Crippen molar-refractivity contribution < 1.29 is 28.6 Å². The summed E-state index contributed by atoms with van der Waals surface area (Å²) in [7, 11) is 0. The van der Waals surface area contributed by atoms with Crippen LogP contribution in [0.15, 0.2) is 76.9 Å². The minimum atomic E-state index is -0.869. The first kappa shape index (κ1) is 22.2. The summed E-state index contributed by atoms with van der Waals surface area (Å²) in [4.78, 5) is 27.6. The van der Waals surface area contributed by atoms with E-state index in [1.807, 2.05) is 38.1 Å². The van der Waals surface area contributed by atoms with Crippen LogP contribution in [0.1, 0.15) is 36.8 Å². The number of furan rings is 1. The summed E-state index contributed by atoms with van der Waals surface area (Å²) in [5.41, 5.74) is 1.15. The molecular weight excluding hydrogens is 422 g/mol. The minimum Gasteiger partial charge on any atom is -0.507 e. The second-order valence-electron chi connectivity index (χ2n) is 7.48. The second-order valence-corrected chi connectivity index (χ2v) is 7.48. The summed E-state index contributed by atoms with van der Waals surface area (Å²) in [6, 6.07) is 16.6. The predicted molar refractivity (Wildman–Crippen MR) is 122 cm³/mol. The van der Waals surface area contributed by atoms with Gasteiger partial charge in [0.2, 0.25) is 0 Å². The molecule has 4 rings (SSSR count). The molecule has 0 aliphatic carbocycles. The van der Waals surface area contributed by atoms with Crippen LogP contribution in [-0.2, 0) is 16.1 Å². The van der Waals surface area contributed by atoms with E-state index in [1.54, 1.807) is 36.4 Å². The Hall–Kier alpha value is -4.00. The summed E-state index contributed by atoms with van der Waals surface area (Å²) in [5.74, 6) is -0.135. The van der Waals surface area contributed by atoms with Crippen LogP contribution >= 0.6 is 0 Å². The molecule has 1 unspecified atom stereocenters. The standard InChI is InChI=1S/C26H25NO6/c1-3-31-19-10-5-8-17(14-19)16-27-23(21-12-7-13-33-21)22(25(29)26(27)30)24(28)18-9-6-11-20(15-18)32-4-2/h5-15,23,28H,3-4,16H2,1-2H3/b24-22-. The first-order valence-corrected chi connectivity index (χ1v) is 10.8. The molecule has 0 radical (unpaired) electrons. The first-order chi connectivity index (χ1) is 16.0. The van der Waals surface area contributed by atoms with Crippen LogP contribution in [0, 0.1) is 0 Å². The summed E-state index contributed by atoms with van der Waals surface area (Å²) < 4.78 is 16.6. The fourth-order valence-electron chi connectivity index (χ4n) is 3.94. The van der Waals surface area contributed by atoms with E-state index < -0.39 is 17.7 Å². The molecule has 2 aromatic carbocycles. The number of hydrogen-bond donors (Lipinski definition) is 1. The molecule has 1 saturated heterocycles. The molecule has 1 amide bonds. The van der Waals surface area contributed by atoms with Gasteiger partial charge in [0, 0.05) is 12.1 Å². The number of Topliss-reactive ketones (excluding diaryl/α,β-unsaturated/α-hetero) is 1. The minimum absolute atomic E-state index is 0.0236. The lowest BCUT2D eigenvalue weighted by atomic mass is 9.99. The Bertz CT molecular complexity index is 1180. The fraction of sp³-hybridized carbons (Fsp3) is 0.231. The van der Waals surface area contributed by atoms with E-state index in [0.29, 0.717) is 36.0 Å². The number of benzene rings is 2. The largest absolute Gasteiger partial charge is 0.507 e. The number of rotatable bonds is 8. The number of carbonyl (C=O) groups excluding carboxylic acids is 2. The monoisotopic (exact) mass is 447 g/mol. The molecule has 0 bridgehead atoms. The second kappa shape index (κ2) is 9.65. The van der Waals surface area contributed by atoms with E-state index >= 15 is 0 Å². The van der Waals surface area contributed by atoms with Crippen molar-refractivity contribution in [1.29, 1.82) is 0 Å². The van der Waals surface area contributed by atoms with Gasteiger partial charge in [-0.15, -0.1) is 0 Å². The summed E-state index contributed by atoms with van der Waals surface area (Å²) in [6.07, 6.45) is 1.47. The lowest BCUT2D eigenvalue weighted by molar-refractivity contribution is -0.140. The van der Waals surface area contributed by atoms with Gasteiger partial charge >= 0.3 is 0 Å². The Morgan fingerprint density at radius 1 is 0.970 bits per heavy atom. The average Bonchev–Trinajstić information content (AvgIpc) is 3.42. The average molecular weight is 447 g/mol. The van der Waals surface area contributed by atoms with Gasteiger partial charge in [0.05, 0.1) is 25.1 Å². The van der Waals surface area contributed by atoms with Gasteiger partial charge in [0.25, 0.3) is 11.7 Å². The van der Waals surface area contributed by atoms with Gasteiger partial charge in [-0.05, 0) is 55.8 Å². The Morgan fingerprint density at radius 3 is 2.33 bits per heavy atom. The maximum atomic E-state index is 13.1. The van der Waals surface area contributed by atoms with Crippen molar-refractivity contribution in [3.63, 3.8) is 0 Å². The highest BCUT2D eigenvalue weighted by Gasteiger charge is 2.47. The van der Waals surface area contributed by atoms with Gasteiger partial charge in [-0.25, -0.2) is 0 Å². The molecular formula is C26H25NO6. The van der Waals surface area contributed by atoms with Gasteiger partial charge < -0.3 is 23.9 Å². The lowest BCUT2D eigenvalue weighted by Crippen LogP contribution is -2.29. The summed E-state index contributed by atoms with van der Waals surface area (Å²) in [6.45, 7) is 4.87. The van der Waals surface area contributed by atoms with E-state index in [-0.39, 0.29) is 17.9 Å². The highest BCUT2D eigenvalue weighted by Crippen LogP contribution is 2.40. The molecule has 0 saturated carbocycles. The van der Waals surface area contributed by atoms with Crippen molar-refractivity contribution in [2.24, 2.45) is 0 Å². The van der Waals surface area contributed by atoms with Gasteiger partial charge in [-0.3, -0.25) is 9.59 Å². The smallest absolute Gasteiger partial charge is 0.296 e.